The summed E-state index contributed by atoms with van der Waals surface area (Å²) < 4.78 is 26.9. The predicted molar refractivity (Wildman–Crippen MR) is 105 cm³/mol. The van der Waals surface area contributed by atoms with Crippen LogP contribution in [0.25, 0.3) is 0 Å². The van der Waals surface area contributed by atoms with Gasteiger partial charge in [0.1, 0.15) is 17.1 Å². The summed E-state index contributed by atoms with van der Waals surface area (Å²) in [6.45, 7) is 2.48. The van der Waals surface area contributed by atoms with Crippen molar-refractivity contribution in [2.24, 2.45) is 16.7 Å². The summed E-state index contributed by atoms with van der Waals surface area (Å²) in [5, 5.41) is 20.4. The fourth-order valence-electron chi connectivity index (χ4n) is 5.82. The fourth-order valence-corrected chi connectivity index (χ4v) is 5.82. The molecule has 8 heteroatoms. The lowest BCUT2D eigenvalue weighted by atomic mass is 9.36. The van der Waals surface area contributed by atoms with Gasteiger partial charge in [0.25, 0.3) is 0 Å². The summed E-state index contributed by atoms with van der Waals surface area (Å²) in [6, 6.07) is 6.96. The predicted octanol–water partition coefficient (Wildman–Crippen LogP) is 2.52. The molecule has 1 aromatic rings. The Morgan fingerprint density at radius 2 is 2.17 bits per heavy atom. The summed E-state index contributed by atoms with van der Waals surface area (Å²) in [6.07, 6.45) is 2.90. The van der Waals surface area contributed by atoms with E-state index in [1.807, 2.05) is 6.92 Å². The molecule has 7 nitrogen and oxygen atoms in total. The van der Waals surface area contributed by atoms with Crippen molar-refractivity contribution in [3.05, 3.63) is 29.6 Å². The van der Waals surface area contributed by atoms with Crippen LogP contribution in [0.2, 0.25) is 0 Å². The maximum Gasteiger partial charge on any atom is 0.235 e. The topological polar surface area (TPSA) is 98.4 Å². The van der Waals surface area contributed by atoms with Gasteiger partial charge in [-0.3, -0.25) is 15.1 Å². The van der Waals surface area contributed by atoms with Crippen molar-refractivity contribution < 1.29 is 18.7 Å². The van der Waals surface area contributed by atoms with Crippen LogP contribution in [0.4, 0.5) is 4.39 Å². The molecule has 158 valence electrons. The number of halogens is 1. The van der Waals surface area contributed by atoms with E-state index < -0.39 is 17.3 Å². The molecule has 3 aliphatic carbocycles. The Kier molecular flexibility index (Phi) is 3.97. The Balaban J connectivity index is 1.43. The molecule has 2 aliphatic heterocycles. The first-order valence-electron chi connectivity index (χ1n) is 10.3. The molecule has 2 heterocycles. The maximum absolute atomic E-state index is 15.0. The van der Waals surface area contributed by atoms with E-state index in [-0.39, 0.29) is 41.0 Å². The molecule has 2 bridgehead atoms. The molecule has 1 amide bonds. The number of carbonyl (C=O) groups excluding carboxylic acids is 1. The van der Waals surface area contributed by atoms with E-state index in [0.29, 0.717) is 18.8 Å². The Labute approximate surface area is 174 Å². The van der Waals surface area contributed by atoms with Crippen LogP contribution in [0.15, 0.2) is 18.2 Å². The minimum absolute atomic E-state index is 0.0678. The van der Waals surface area contributed by atoms with Gasteiger partial charge in [-0.05, 0) is 50.8 Å². The van der Waals surface area contributed by atoms with Gasteiger partial charge in [-0.15, -0.1) is 0 Å². The lowest BCUT2D eigenvalue weighted by Gasteiger charge is -2.66. The molecular weight excluding hydrogens is 387 g/mol. The third kappa shape index (κ3) is 2.58. The van der Waals surface area contributed by atoms with Gasteiger partial charge in [-0.2, -0.15) is 5.26 Å². The zero-order chi connectivity index (χ0) is 21.3. The van der Waals surface area contributed by atoms with Gasteiger partial charge in [0.05, 0.1) is 36.7 Å². The smallest absolute Gasteiger partial charge is 0.235 e. The third-order valence-corrected chi connectivity index (χ3v) is 7.40. The van der Waals surface area contributed by atoms with Crippen molar-refractivity contribution >= 4 is 11.9 Å². The highest BCUT2D eigenvalue weighted by molar-refractivity contribution is 6.00. The van der Waals surface area contributed by atoms with Gasteiger partial charge < -0.3 is 14.8 Å². The third-order valence-electron chi connectivity index (χ3n) is 7.40. The van der Waals surface area contributed by atoms with Gasteiger partial charge >= 0.3 is 0 Å². The second-order valence-electron chi connectivity index (χ2n) is 9.60. The average Bonchev–Trinajstić information content (AvgIpc) is 2.66. The van der Waals surface area contributed by atoms with Crippen LogP contribution >= 0.6 is 0 Å². The van der Waals surface area contributed by atoms with Crippen molar-refractivity contribution in [3.63, 3.8) is 0 Å². The highest BCUT2D eigenvalue weighted by Crippen LogP contribution is 2.72. The maximum atomic E-state index is 15.0. The van der Waals surface area contributed by atoms with E-state index in [2.05, 4.69) is 11.4 Å². The molecule has 0 aromatic heterocycles. The molecular formula is C22H25FN4O3. The number of hydrogen-bond acceptors (Lipinski definition) is 5. The highest BCUT2D eigenvalue weighted by atomic mass is 19.1. The lowest BCUT2D eigenvalue weighted by molar-refractivity contribution is -0.181. The SMILES string of the molecule is C[C@H]1C[C@H]2C(=O)N(C)C(=N)N[C@@]2(c2cc(OCC34CC(C#N)(C3)C4)ccc2F)CO1. The number of ether oxygens (including phenoxy) is 2. The van der Waals surface area contributed by atoms with Gasteiger partial charge in [-0.1, -0.05) is 0 Å². The summed E-state index contributed by atoms with van der Waals surface area (Å²) >= 11 is 0. The summed E-state index contributed by atoms with van der Waals surface area (Å²) in [5.41, 5.74) is -0.927. The second-order valence-corrected chi connectivity index (χ2v) is 9.60. The molecule has 1 aromatic carbocycles. The first-order chi connectivity index (χ1) is 14.2. The highest BCUT2D eigenvalue weighted by Gasteiger charge is 2.68. The number of amides is 1. The van der Waals surface area contributed by atoms with Gasteiger partial charge in [-0.25, -0.2) is 4.39 Å². The zero-order valence-electron chi connectivity index (χ0n) is 17.1. The second kappa shape index (κ2) is 6.17. The van der Waals surface area contributed by atoms with E-state index in [1.165, 1.54) is 11.0 Å². The molecule has 3 atom stereocenters. The van der Waals surface area contributed by atoms with Crippen molar-refractivity contribution in [2.75, 3.05) is 20.3 Å². The number of fused-ring (bicyclic) bond motifs is 1. The number of rotatable bonds is 4. The van der Waals surface area contributed by atoms with Crippen LogP contribution in [0.5, 0.6) is 5.75 Å². The largest absolute Gasteiger partial charge is 0.493 e. The molecule has 5 fully saturated rings. The number of guanidine groups is 1. The number of nitrogens with one attached hydrogen (secondary N) is 2. The lowest BCUT2D eigenvalue weighted by Crippen LogP contribution is -2.69. The van der Waals surface area contributed by atoms with E-state index in [9.17, 15) is 10.1 Å². The number of benzene rings is 1. The van der Waals surface area contributed by atoms with Gasteiger partial charge in [0, 0.05) is 18.0 Å². The van der Waals surface area contributed by atoms with Crippen LogP contribution in [0.1, 0.15) is 38.2 Å². The van der Waals surface area contributed by atoms with Crippen LogP contribution in [-0.4, -0.2) is 43.1 Å². The minimum Gasteiger partial charge on any atom is -0.493 e. The van der Waals surface area contributed by atoms with E-state index >= 15 is 4.39 Å². The molecule has 0 spiro atoms. The molecule has 30 heavy (non-hydrogen) atoms. The van der Waals surface area contributed by atoms with Crippen LogP contribution in [0, 0.1) is 39.3 Å². The van der Waals surface area contributed by atoms with Crippen molar-refractivity contribution in [1.29, 1.82) is 10.7 Å². The van der Waals surface area contributed by atoms with E-state index in [1.54, 1.807) is 19.2 Å². The average molecular weight is 412 g/mol. The molecule has 3 saturated carbocycles. The molecule has 0 unspecified atom stereocenters. The Hall–Kier alpha value is -2.66. The standard InChI is InChI=1S/C22H25FN4O3/c1-13-5-16-18(28)27(2)19(25)26-22(16,12-29-13)15-6-14(3-4-17(15)23)30-11-21-7-20(8-21,9-21)10-24/h3-4,6,13,16H,5,7-9,11-12H2,1-2H3,(H2,25,26)/t13-,16-,20?,21?,22+/m0/s1. The number of carbonyl (C=O) groups is 1. The minimum atomic E-state index is -1.14. The quantitative estimate of drug-likeness (QED) is 0.792. The van der Waals surface area contributed by atoms with Crippen molar-refractivity contribution in [1.82, 2.24) is 10.2 Å². The fraction of sp³-hybridized carbons (Fsp3) is 0.591. The summed E-state index contributed by atoms with van der Waals surface area (Å²) in [4.78, 5) is 14.2. The van der Waals surface area contributed by atoms with Crippen molar-refractivity contribution in [3.8, 4) is 11.8 Å². The van der Waals surface area contributed by atoms with Crippen molar-refractivity contribution in [2.45, 2.75) is 44.2 Å². The monoisotopic (exact) mass is 412 g/mol. The first-order valence-corrected chi connectivity index (χ1v) is 10.3. The zero-order valence-corrected chi connectivity index (χ0v) is 17.1. The molecule has 2 N–H and O–H groups in total. The van der Waals surface area contributed by atoms with Gasteiger partial charge in [0.2, 0.25) is 5.91 Å². The van der Waals surface area contributed by atoms with E-state index in [4.69, 9.17) is 14.9 Å². The Morgan fingerprint density at radius 1 is 1.43 bits per heavy atom. The van der Waals surface area contributed by atoms with Crippen LogP contribution < -0.4 is 10.1 Å². The van der Waals surface area contributed by atoms with Crippen LogP contribution in [-0.2, 0) is 15.1 Å². The molecule has 2 saturated heterocycles. The van der Waals surface area contributed by atoms with E-state index in [0.717, 1.165) is 19.3 Å². The van der Waals surface area contributed by atoms with Crippen LogP contribution in [0.3, 0.4) is 0 Å². The molecule has 6 rings (SSSR count). The number of nitrogens with zero attached hydrogens (tertiary/aromatic N) is 2. The Bertz CT molecular complexity index is 969. The number of hydrogen-bond donors (Lipinski definition) is 2. The normalized spacial score (nSPS) is 39.2. The Morgan fingerprint density at radius 3 is 2.87 bits per heavy atom. The number of nitriles is 1. The first kappa shape index (κ1) is 19.3. The molecule has 5 aliphatic rings. The summed E-state index contributed by atoms with van der Waals surface area (Å²) in [5.74, 6) is -0.769. The molecule has 0 radical (unpaired) electrons. The van der Waals surface area contributed by atoms with Gasteiger partial charge in [0.15, 0.2) is 5.96 Å². The summed E-state index contributed by atoms with van der Waals surface area (Å²) in [7, 11) is 1.55.